The highest BCUT2D eigenvalue weighted by Crippen LogP contribution is 2.31. The van der Waals surface area contributed by atoms with Crippen LogP contribution < -0.4 is 14.8 Å². The Balaban J connectivity index is 1.57. The first kappa shape index (κ1) is 18.5. The van der Waals surface area contributed by atoms with Crippen molar-refractivity contribution in [3.8, 4) is 17.6 Å². The maximum Gasteiger partial charge on any atom is 0.351 e. The van der Waals surface area contributed by atoms with Crippen LogP contribution in [-0.4, -0.2) is 30.7 Å². The average molecular weight is 387 g/mol. The summed E-state index contributed by atoms with van der Waals surface area (Å²) in [5, 5.41) is 11.7. The zero-order chi connectivity index (χ0) is 19.4. The Morgan fingerprint density at radius 1 is 1.30 bits per heavy atom. The van der Waals surface area contributed by atoms with E-state index >= 15 is 0 Å². The lowest BCUT2D eigenvalue weighted by Gasteiger charge is -2.25. The van der Waals surface area contributed by atoms with Crippen LogP contribution in [0.2, 0.25) is 5.02 Å². The van der Waals surface area contributed by atoms with Gasteiger partial charge in [0.15, 0.2) is 17.6 Å². The number of carbonyl (C=O) groups excluding carboxylic acids is 2. The summed E-state index contributed by atoms with van der Waals surface area (Å²) in [5.74, 6) is -0.258. The second-order valence-corrected chi connectivity index (χ2v) is 6.15. The molecule has 0 bridgehead atoms. The van der Waals surface area contributed by atoms with E-state index in [1.165, 1.54) is 25.1 Å². The molecule has 2 atom stereocenters. The number of benzene rings is 2. The van der Waals surface area contributed by atoms with Crippen LogP contribution in [-0.2, 0) is 14.3 Å². The molecule has 1 N–H and O–H groups in total. The molecule has 1 aliphatic rings. The minimum absolute atomic E-state index is 0.00455. The summed E-state index contributed by atoms with van der Waals surface area (Å²) in [6.07, 6.45) is -2.02. The minimum Gasteiger partial charge on any atom is -0.485 e. The van der Waals surface area contributed by atoms with Gasteiger partial charge < -0.3 is 19.5 Å². The van der Waals surface area contributed by atoms with Crippen molar-refractivity contribution in [1.82, 2.24) is 0 Å². The Hall–Kier alpha value is -3.24. The van der Waals surface area contributed by atoms with E-state index in [4.69, 9.17) is 31.1 Å². The molecule has 1 amide bonds. The fraction of sp³-hybridized carbons (Fsp3) is 0.211. The third kappa shape index (κ3) is 4.30. The van der Waals surface area contributed by atoms with Crippen LogP contribution in [0.1, 0.15) is 12.5 Å². The van der Waals surface area contributed by atoms with E-state index in [-0.39, 0.29) is 11.6 Å². The summed E-state index contributed by atoms with van der Waals surface area (Å²) in [5.41, 5.74) is 0.682. The SMILES string of the molecule is C[C@H](OC(=O)[C@@H]1COc2ccccc2O1)C(=O)Nc1ccc(C#N)c(Cl)c1. The van der Waals surface area contributed by atoms with Gasteiger partial charge in [-0.2, -0.15) is 5.26 Å². The molecule has 1 heterocycles. The summed E-state index contributed by atoms with van der Waals surface area (Å²) in [6.45, 7) is 1.44. The number of carbonyl (C=O) groups is 2. The number of hydrogen-bond acceptors (Lipinski definition) is 6. The molecule has 8 heteroatoms. The van der Waals surface area contributed by atoms with Crippen LogP contribution in [0.3, 0.4) is 0 Å². The number of hydrogen-bond donors (Lipinski definition) is 1. The molecule has 0 saturated heterocycles. The Labute approximate surface area is 160 Å². The highest BCUT2D eigenvalue weighted by Gasteiger charge is 2.31. The summed E-state index contributed by atoms with van der Waals surface area (Å²) >= 11 is 5.93. The Morgan fingerprint density at radius 3 is 2.74 bits per heavy atom. The van der Waals surface area contributed by atoms with E-state index in [1.54, 1.807) is 24.3 Å². The van der Waals surface area contributed by atoms with Gasteiger partial charge in [0.2, 0.25) is 6.10 Å². The van der Waals surface area contributed by atoms with Gasteiger partial charge in [-0.25, -0.2) is 4.79 Å². The van der Waals surface area contributed by atoms with E-state index in [9.17, 15) is 9.59 Å². The molecule has 2 aromatic carbocycles. The summed E-state index contributed by atoms with van der Waals surface area (Å²) < 4.78 is 16.2. The Kier molecular flexibility index (Phi) is 5.48. The second-order valence-electron chi connectivity index (χ2n) is 5.74. The van der Waals surface area contributed by atoms with E-state index in [0.29, 0.717) is 22.7 Å². The Morgan fingerprint density at radius 2 is 2.04 bits per heavy atom. The van der Waals surface area contributed by atoms with Crippen molar-refractivity contribution >= 4 is 29.2 Å². The van der Waals surface area contributed by atoms with Crippen LogP contribution in [0.4, 0.5) is 5.69 Å². The lowest BCUT2D eigenvalue weighted by molar-refractivity contribution is -0.162. The van der Waals surface area contributed by atoms with Gasteiger partial charge in [0, 0.05) is 5.69 Å². The van der Waals surface area contributed by atoms with Gasteiger partial charge in [-0.05, 0) is 37.3 Å². The number of ether oxygens (including phenoxy) is 3. The number of nitrogens with one attached hydrogen (secondary N) is 1. The number of rotatable bonds is 4. The zero-order valence-electron chi connectivity index (χ0n) is 14.3. The van der Waals surface area contributed by atoms with Crippen molar-refractivity contribution in [2.45, 2.75) is 19.1 Å². The van der Waals surface area contributed by atoms with Crippen molar-refractivity contribution in [2.75, 3.05) is 11.9 Å². The van der Waals surface area contributed by atoms with E-state index < -0.39 is 24.1 Å². The summed E-state index contributed by atoms with van der Waals surface area (Å²) in [7, 11) is 0. The maximum absolute atomic E-state index is 12.2. The molecule has 3 rings (SSSR count). The number of halogens is 1. The van der Waals surface area contributed by atoms with E-state index in [1.807, 2.05) is 6.07 Å². The molecule has 0 aromatic heterocycles. The van der Waals surface area contributed by atoms with Gasteiger partial charge in [0.05, 0.1) is 10.6 Å². The smallest absolute Gasteiger partial charge is 0.351 e. The molecule has 138 valence electrons. The normalized spacial score (nSPS) is 16.0. The van der Waals surface area contributed by atoms with Crippen molar-refractivity contribution < 1.29 is 23.8 Å². The van der Waals surface area contributed by atoms with Crippen molar-refractivity contribution in [2.24, 2.45) is 0 Å². The van der Waals surface area contributed by atoms with Gasteiger partial charge in [-0.1, -0.05) is 23.7 Å². The molecule has 7 nitrogen and oxygen atoms in total. The molecule has 0 spiro atoms. The molecule has 1 aliphatic heterocycles. The highest BCUT2D eigenvalue weighted by atomic mass is 35.5. The van der Waals surface area contributed by atoms with Gasteiger partial charge in [-0.3, -0.25) is 4.79 Å². The number of para-hydroxylation sites is 2. The number of nitrogens with zero attached hydrogens (tertiary/aromatic N) is 1. The minimum atomic E-state index is -1.06. The molecule has 27 heavy (non-hydrogen) atoms. The monoisotopic (exact) mass is 386 g/mol. The molecule has 0 saturated carbocycles. The highest BCUT2D eigenvalue weighted by molar-refractivity contribution is 6.32. The molecule has 0 fully saturated rings. The fourth-order valence-electron chi connectivity index (χ4n) is 2.37. The second kappa shape index (κ2) is 7.98. The third-order valence-corrected chi connectivity index (χ3v) is 4.10. The largest absolute Gasteiger partial charge is 0.485 e. The lowest BCUT2D eigenvalue weighted by Crippen LogP contribution is -2.41. The fourth-order valence-corrected chi connectivity index (χ4v) is 2.59. The van der Waals surface area contributed by atoms with Crippen LogP contribution in [0, 0.1) is 11.3 Å². The van der Waals surface area contributed by atoms with Crippen LogP contribution in [0.25, 0.3) is 0 Å². The van der Waals surface area contributed by atoms with E-state index in [0.717, 1.165) is 0 Å². The summed E-state index contributed by atoms with van der Waals surface area (Å²) in [6, 6.07) is 13.4. The first-order valence-corrected chi connectivity index (χ1v) is 8.45. The van der Waals surface area contributed by atoms with Gasteiger partial charge in [0.25, 0.3) is 5.91 Å². The predicted molar refractivity (Wildman–Crippen MR) is 96.7 cm³/mol. The number of anilines is 1. The standard InChI is InChI=1S/C19H15ClN2O5/c1-11(18(23)22-13-7-6-12(9-21)14(20)8-13)26-19(24)17-10-25-15-4-2-3-5-16(15)27-17/h2-8,11,17H,10H2,1H3,(H,22,23)/t11-,17-/m0/s1. The van der Waals surface area contributed by atoms with Crippen LogP contribution in [0.5, 0.6) is 11.5 Å². The molecule has 0 radical (unpaired) electrons. The van der Waals surface area contributed by atoms with Crippen molar-refractivity contribution in [3.63, 3.8) is 0 Å². The number of fused-ring (bicyclic) bond motifs is 1. The topological polar surface area (TPSA) is 97.7 Å². The molecule has 0 unspecified atom stereocenters. The molecular weight excluding hydrogens is 372 g/mol. The Bertz CT molecular complexity index is 925. The first-order valence-electron chi connectivity index (χ1n) is 8.07. The predicted octanol–water partition coefficient (Wildman–Crippen LogP) is 2.92. The van der Waals surface area contributed by atoms with Crippen LogP contribution in [0.15, 0.2) is 42.5 Å². The van der Waals surface area contributed by atoms with Crippen molar-refractivity contribution in [3.05, 3.63) is 53.1 Å². The number of amides is 1. The summed E-state index contributed by atoms with van der Waals surface area (Å²) in [4.78, 5) is 24.5. The molecular formula is C19H15ClN2O5. The molecule has 2 aromatic rings. The third-order valence-electron chi connectivity index (χ3n) is 3.79. The maximum atomic E-state index is 12.2. The first-order chi connectivity index (χ1) is 13.0. The van der Waals surface area contributed by atoms with Crippen LogP contribution >= 0.6 is 11.6 Å². The zero-order valence-corrected chi connectivity index (χ0v) is 15.0. The average Bonchev–Trinajstić information content (AvgIpc) is 2.67. The quantitative estimate of drug-likeness (QED) is 0.811. The van der Waals surface area contributed by atoms with E-state index in [2.05, 4.69) is 5.32 Å². The molecule has 0 aliphatic carbocycles. The lowest BCUT2D eigenvalue weighted by atomic mass is 10.2. The van der Waals surface area contributed by atoms with Crippen molar-refractivity contribution in [1.29, 1.82) is 5.26 Å². The van der Waals surface area contributed by atoms with Gasteiger partial charge >= 0.3 is 5.97 Å². The van der Waals surface area contributed by atoms with Gasteiger partial charge in [0.1, 0.15) is 12.7 Å². The van der Waals surface area contributed by atoms with Gasteiger partial charge in [-0.15, -0.1) is 0 Å². The number of nitriles is 1. The number of esters is 1.